The Morgan fingerprint density at radius 2 is 1.77 bits per heavy atom. The van der Waals surface area contributed by atoms with Crippen molar-refractivity contribution in [3.8, 4) is 28.4 Å². The Balaban J connectivity index is 1.47. The van der Waals surface area contributed by atoms with Gasteiger partial charge in [0.05, 0.1) is 10.9 Å². The van der Waals surface area contributed by atoms with Crippen molar-refractivity contribution in [3.05, 3.63) is 88.0 Å². The molecule has 0 atom stereocenters. The van der Waals surface area contributed by atoms with Crippen LogP contribution in [0, 0.1) is 5.82 Å². The van der Waals surface area contributed by atoms with E-state index in [0.29, 0.717) is 64.5 Å². The number of aryl methyl sites for hydroxylation is 1. The molecule has 0 aliphatic carbocycles. The van der Waals surface area contributed by atoms with Crippen LogP contribution in [0.4, 0.5) is 4.39 Å². The quantitative estimate of drug-likeness (QED) is 0.325. The average molecular weight is 474 g/mol. The van der Waals surface area contributed by atoms with Crippen molar-refractivity contribution in [2.75, 3.05) is 19.8 Å². The van der Waals surface area contributed by atoms with Gasteiger partial charge in [0.15, 0.2) is 23.9 Å². The molecular weight excluding hydrogens is 451 g/mol. The Morgan fingerprint density at radius 3 is 2.54 bits per heavy atom. The number of fused-ring (bicyclic) bond motifs is 2. The van der Waals surface area contributed by atoms with Gasteiger partial charge in [-0.2, -0.15) is 0 Å². The largest absolute Gasteiger partial charge is 0.486 e. The summed E-state index contributed by atoms with van der Waals surface area (Å²) in [6, 6.07) is 14.1. The third-order valence-electron chi connectivity index (χ3n) is 5.85. The lowest BCUT2D eigenvalue weighted by Gasteiger charge is -2.18. The summed E-state index contributed by atoms with van der Waals surface area (Å²) in [6.07, 6.45) is 2.90. The number of ether oxygens (including phenoxy) is 3. The summed E-state index contributed by atoms with van der Waals surface area (Å²) >= 11 is 0. The van der Waals surface area contributed by atoms with Gasteiger partial charge in [-0.1, -0.05) is 19.4 Å². The first-order valence-corrected chi connectivity index (χ1v) is 11.4. The van der Waals surface area contributed by atoms with E-state index in [9.17, 15) is 14.0 Å². The van der Waals surface area contributed by atoms with Gasteiger partial charge in [0.25, 0.3) is 0 Å². The predicted molar refractivity (Wildman–Crippen MR) is 129 cm³/mol. The lowest BCUT2D eigenvalue weighted by molar-refractivity contribution is 0.0921. The molecule has 7 heteroatoms. The smallest absolute Gasteiger partial charge is 0.200 e. The molecule has 0 fully saturated rings. The highest BCUT2D eigenvalue weighted by molar-refractivity contribution is 5.97. The lowest BCUT2D eigenvalue weighted by Crippen LogP contribution is -2.15. The van der Waals surface area contributed by atoms with Crippen molar-refractivity contribution in [1.29, 1.82) is 0 Å². The van der Waals surface area contributed by atoms with E-state index in [0.717, 1.165) is 12.0 Å². The third kappa shape index (κ3) is 4.62. The van der Waals surface area contributed by atoms with E-state index >= 15 is 0 Å². The minimum atomic E-state index is -0.409. The molecule has 0 N–H and O–H groups in total. The summed E-state index contributed by atoms with van der Waals surface area (Å²) in [5.41, 5.74) is 2.44. The Labute approximate surface area is 200 Å². The molecule has 1 aromatic heterocycles. The summed E-state index contributed by atoms with van der Waals surface area (Å²) in [7, 11) is 0. The van der Waals surface area contributed by atoms with Gasteiger partial charge in [-0.05, 0) is 60.0 Å². The Hall–Kier alpha value is -4.13. The maximum atomic E-state index is 13.4. The van der Waals surface area contributed by atoms with Gasteiger partial charge >= 0.3 is 0 Å². The summed E-state index contributed by atoms with van der Waals surface area (Å²) in [4.78, 5) is 25.9. The maximum absolute atomic E-state index is 13.4. The molecule has 6 nitrogen and oxygen atoms in total. The standard InChI is InChI=1S/C28H23FO6/c1-2-3-19-12-21-26(14-25(19)35-16-23(30)17-4-7-20(29)8-5-17)34-15-22(28(21)31)18-6-9-24-27(13-18)33-11-10-32-24/h4-9,12-15H,2-3,10-11,16H2,1H3. The van der Waals surface area contributed by atoms with Gasteiger partial charge in [0, 0.05) is 11.6 Å². The molecule has 0 saturated carbocycles. The maximum Gasteiger partial charge on any atom is 0.200 e. The van der Waals surface area contributed by atoms with Crippen LogP contribution in [0.1, 0.15) is 29.3 Å². The summed E-state index contributed by atoms with van der Waals surface area (Å²) in [6.45, 7) is 2.75. The Kier molecular flexibility index (Phi) is 6.23. The normalized spacial score (nSPS) is 12.5. The van der Waals surface area contributed by atoms with Crippen LogP contribution in [0.25, 0.3) is 22.1 Å². The second kappa shape index (κ2) is 9.62. The average Bonchev–Trinajstić information content (AvgIpc) is 2.88. The van der Waals surface area contributed by atoms with Crippen molar-refractivity contribution < 1.29 is 27.8 Å². The summed E-state index contributed by atoms with van der Waals surface area (Å²) in [5, 5.41) is 0.429. The fourth-order valence-corrected chi connectivity index (χ4v) is 4.07. The first-order chi connectivity index (χ1) is 17.0. The second-order valence-electron chi connectivity index (χ2n) is 8.26. The Morgan fingerprint density at radius 1 is 1.00 bits per heavy atom. The number of hydrogen-bond donors (Lipinski definition) is 0. The van der Waals surface area contributed by atoms with Crippen molar-refractivity contribution in [2.45, 2.75) is 19.8 Å². The number of carbonyl (C=O) groups is 1. The number of carbonyl (C=O) groups excluding carboxylic acids is 1. The topological polar surface area (TPSA) is 75.0 Å². The molecule has 0 spiro atoms. The first-order valence-electron chi connectivity index (χ1n) is 11.4. The highest BCUT2D eigenvalue weighted by atomic mass is 19.1. The van der Waals surface area contributed by atoms with Gasteiger partial charge in [0.2, 0.25) is 5.43 Å². The first kappa shape index (κ1) is 22.7. The summed E-state index contributed by atoms with van der Waals surface area (Å²) in [5.74, 6) is 1.03. The van der Waals surface area contributed by atoms with Crippen LogP contribution in [0.15, 0.2) is 70.1 Å². The highest BCUT2D eigenvalue weighted by Crippen LogP contribution is 2.34. The van der Waals surface area contributed by atoms with Crippen molar-refractivity contribution in [3.63, 3.8) is 0 Å². The molecule has 0 unspecified atom stereocenters. The van der Waals surface area contributed by atoms with Gasteiger partial charge < -0.3 is 18.6 Å². The van der Waals surface area contributed by atoms with E-state index in [-0.39, 0.29) is 17.8 Å². The highest BCUT2D eigenvalue weighted by Gasteiger charge is 2.18. The van der Waals surface area contributed by atoms with Crippen LogP contribution in [0.3, 0.4) is 0 Å². The molecule has 5 rings (SSSR count). The number of rotatable bonds is 7. The fraction of sp³-hybridized carbons (Fsp3) is 0.214. The van der Waals surface area contributed by atoms with Crippen LogP contribution in [-0.4, -0.2) is 25.6 Å². The molecule has 3 aromatic carbocycles. The number of ketones is 1. The number of halogens is 1. The van der Waals surface area contributed by atoms with E-state index in [1.165, 1.54) is 30.5 Å². The number of Topliss-reactive ketones (excluding diaryl/α,β-unsaturated/α-hetero) is 1. The van der Waals surface area contributed by atoms with Crippen LogP contribution in [0.5, 0.6) is 17.2 Å². The van der Waals surface area contributed by atoms with Crippen molar-refractivity contribution >= 4 is 16.8 Å². The second-order valence-corrected chi connectivity index (χ2v) is 8.26. The van der Waals surface area contributed by atoms with Crippen molar-refractivity contribution in [2.24, 2.45) is 0 Å². The lowest BCUT2D eigenvalue weighted by atomic mass is 10.0. The Bertz CT molecular complexity index is 1460. The molecule has 1 aliphatic rings. The zero-order chi connectivity index (χ0) is 24.4. The van der Waals surface area contributed by atoms with Gasteiger partial charge in [-0.15, -0.1) is 0 Å². The van der Waals surface area contributed by atoms with E-state index in [2.05, 4.69) is 0 Å². The minimum absolute atomic E-state index is 0.172. The molecule has 178 valence electrons. The van der Waals surface area contributed by atoms with Gasteiger partial charge in [0.1, 0.15) is 36.6 Å². The fourth-order valence-electron chi connectivity index (χ4n) is 4.07. The molecule has 0 amide bonds. The third-order valence-corrected chi connectivity index (χ3v) is 5.85. The molecule has 4 aromatic rings. The molecule has 0 radical (unpaired) electrons. The van der Waals surface area contributed by atoms with Gasteiger partial charge in [-0.25, -0.2) is 4.39 Å². The monoisotopic (exact) mass is 474 g/mol. The minimum Gasteiger partial charge on any atom is -0.486 e. The zero-order valence-corrected chi connectivity index (χ0v) is 19.1. The van der Waals surface area contributed by atoms with E-state index in [1.807, 2.05) is 6.92 Å². The van der Waals surface area contributed by atoms with Crippen LogP contribution in [0.2, 0.25) is 0 Å². The van der Waals surface area contributed by atoms with Gasteiger partial charge in [-0.3, -0.25) is 9.59 Å². The van der Waals surface area contributed by atoms with Crippen LogP contribution < -0.4 is 19.6 Å². The molecule has 2 heterocycles. The van der Waals surface area contributed by atoms with Crippen LogP contribution in [-0.2, 0) is 6.42 Å². The SMILES string of the molecule is CCCc1cc2c(=O)c(-c3ccc4c(c3)OCCO4)coc2cc1OCC(=O)c1ccc(F)cc1. The molecular formula is C28H23FO6. The van der Waals surface area contributed by atoms with E-state index < -0.39 is 5.82 Å². The molecule has 0 saturated heterocycles. The predicted octanol–water partition coefficient (Wildman–Crippen LogP) is 5.58. The number of benzene rings is 3. The summed E-state index contributed by atoms with van der Waals surface area (Å²) < 4.78 is 36.0. The van der Waals surface area contributed by atoms with E-state index in [4.69, 9.17) is 18.6 Å². The zero-order valence-electron chi connectivity index (χ0n) is 19.1. The number of hydrogen-bond acceptors (Lipinski definition) is 6. The molecule has 1 aliphatic heterocycles. The van der Waals surface area contributed by atoms with Crippen molar-refractivity contribution in [1.82, 2.24) is 0 Å². The van der Waals surface area contributed by atoms with Crippen LogP contribution >= 0.6 is 0 Å². The molecule has 35 heavy (non-hydrogen) atoms. The van der Waals surface area contributed by atoms with E-state index in [1.54, 1.807) is 30.3 Å². The molecule has 0 bridgehead atoms.